The zero-order valence-corrected chi connectivity index (χ0v) is 11.4. The summed E-state index contributed by atoms with van der Waals surface area (Å²) < 4.78 is 11.0. The summed E-state index contributed by atoms with van der Waals surface area (Å²) in [5, 5.41) is 9.39. The van der Waals surface area contributed by atoms with Crippen molar-refractivity contribution in [1.29, 1.82) is 0 Å². The molecule has 0 radical (unpaired) electrons. The highest BCUT2D eigenvalue weighted by molar-refractivity contribution is 6.33. The van der Waals surface area contributed by atoms with E-state index in [1.54, 1.807) is 6.07 Å². The second-order valence-corrected chi connectivity index (χ2v) is 4.73. The van der Waals surface area contributed by atoms with Crippen molar-refractivity contribution in [2.24, 2.45) is 5.73 Å². The number of hydrogen-bond donors (Lipinski definition) is 2. The molecule has 3 N–H and O–H groups in total. The number of rotatable bonds is 4. The Kier molecular flexibility index (Phi) is 4.17. The van der Waals surface area contributed by atoms with Crippen LogP contribution in [0.25, 0.3) is 0 Å². The number of carboxylic acid groups (broad SMARTS) is 1. The molecular formula is C13H16ClNO4. The van der Waals surface area contributed by atoms with Gasteiger partial charge in [0.1, 0.15) is 19.3 Å². The van der Waals surface area contributed by atoms with Gasteiger partial charge in [-0.05, 0) is 30.0 Å². The van der Waals surface area contributed by atoms with Gasteiger partial charge >= 0.3 is 5.97 Å². The van der Waals surface area contributed by atoms with E-state index in [0.717, 1.165) is 11.1 Å². The summed E-state index contributed by atoms with van der Waals surface area (Å²) >= 11 is 6.30. The molecule has 1 aromatic carbocycles. The SMILES string of the molecule is CCc1c(CC(N)C(=O)O)cc2c(c1Cl)OCCO2. The standard InChI is InChI=1S/C13H16ClNO4/c1-2-8-7(5-9(15)13(16)17)6-10-12(11(8)14)19-4-3-18-10/h6,9H,2-5,15H2,1H3,(H,16,17). The summed E-state index contributed by atoms with van der Waals surface area (Å²) in [4.78, 5) is 10.9. The van der Waals surface area contributed by atoms with E-state index in [4.69, 9.17) is 31.9 Å². The molecule has 1 heterocycles. The summed E-state index contributed by atoms with van der Waals surface area (Å²) in [6, 6.07) is 0.825. The van der Waals surface area contributed by atoms with Gasteiger partial charge in [0.2, 0.25) is 0 Å². The van der Waals surface area contributed by atoms with E-state index in [2.05, 4.69) is 0 Å². The summed E-state index contributed by atoms with van der Waals surface area (Å²) in [5.41, 5.74) is 7.24. The van der Waals surface area contributed by atoms with Gasteiger partial charge in [-0.1, -0.05) is 18.5 Å². The van der Waals surface area contributed by atoms with E-state index in [1.807, 2.05) is 6.92 Å². The molecule has 0 amide bonds. The molecule has 1 atom stereocenters. The Balaban J connectivity index is 2.42. The van der Waals surface area contributed by atoms with Crippen LogP contribution in [-0.2, 0) is 17.6 Å². The summed E-state index contributed by atoms with van der Waals surface area (Å²) in [5.74, 6) is 0.0616. The third-order valence-electron chi connectivity index (χ3n) is 3.08. The highest BCUT2D eigenvalue weighted by atomic mass is 35.5. The minimum atomic E-state index is -1.03. The van der Waals surface area contributed by atoms with Gasteiger partial charge in [0.25, 0.3) is 0 Å². The number of aliphatic carboxylic acids is 1. The number of ether oxygens (including phenoxy) is 2. The van der Waals surface area contributed by atoms with Crippen LogP contribution in [0.2, 0.25) is 5.02 Å². The largest absolute Gasteiger partial charge is 0.486 e. The van der Waals surface area contributed by atoms with Crippen LogP contribution in [0.5, 0.6) is 11.5 Å². The van der Waals surface area contributed by atoms with Crippen molar-refractivity contribution in [3.05, 3.63) is 22.2 Å². The third-order valence-corrected chi connectivity index (χ3v) is 3.48. The van der Waals surface area contributed by atoms with Crippen molar-refractivity contribution in [2.75, 3.05) is 13.2 Å². The Morgan fingerprint density at radius 2 is 2.21 bits per heavy atom. The van der Waals surface area contributed by atoms with Gasteiger partial charge in [0, 0.05) is 0 Å². The van der Waals surface area contributed by atoms with Crippen LogP contribution >= 0.6 is 11.6 Å². The lowest BCUT2D eigenvalue weighted by Gasteiger charge is -2.23. The monoisotopic (exact) mass is 285 g/mol. The first kappa shape index (κ1) is 14.0. The molecule has 0 saturated carbocycles. The Hall–Kier alpha value is -1.46. The topological polar surface area (TPSA) is 81.8 Å². The van der Waals surface area contributed by atoms with Gasteiger partial charge in [-0.15, -0.1) is 0 Å². The maximum Gasteiger partial charge on any atom is 0.320 e. The molecule has 0 saturated heterocycles. The van der Waals surface area contributed by atoms with E-state index < -0.39 is 12.0 Å². The molecule has 0 spiro atoms. The zero-order valence-electron chi connectivity index (χ0n) is 10.6. The van der Waals surface area contributed by atoms with Crippen molar-refractivity contribution in [2.45, 2.75) is 25.8 Å². The van der Waals surface area contributed by atoms with E-state index in [1.165, 1.54) is 0 Å². The predicted octanol–water partition coefficient (Wildman–Crippen LogP) is 1.63. The molecular weight excluding hydrogens is 270 g/mol. The Morgan fingerprint density at radius 1 is 1.53 bits per heavy atom. The van der Waals surface area contributed by atoms with Gasteiger partial charge in [-0.25, -0.2) is 0 Å². The maximum absolute atomic E-state index is 10.9. The number of halogens is 1. The molecule has 5 nitrogen and oxygen atoms in total. The highest BCUT2D eigenvalue weighted by Crippen LogP contribution is 2.41. The van der Waals surface area contributed by atoms with E-state index in [9.17, 15) is 4.79 Å². The Bertz CT molecular complexity index is 504. The number of benzene rings is 1. The van der Waals surface area contributed by atoms with Gasteiger partial charge in [0.05, 0.1) is 5.02 Å². The van der Waals surface area contributed by atoms with Gasteiger partial charge in [-0.3, -0.25) is 4.79 Å². The summed E-state index contributed by atoms with van der Waals surface area (Å²) in [6.07, 6.45) is 0.895. The number of carboxylic acids is 1. The molecule has 0 aliphatic carbocycles. The Labute approximate surface area is 116 Å². The predicted molar refractivity (Wildman–Crippen MR) is 71.1 cm³/mol. The van der Waals surface area contributed by atoms with Crippen LogP contribution < -0.4 is 15.2 Å². The molecule has 1 aliphatic rings. The molecule has 19 heavy (non-hydrogen) atoms. The quantitative estimate of drug-likeness (QED) is 0.879. The van der Waals surface area contributed by atoms with Gasteiger partial charge in [-0.2, -0.15) is 0 Å². The lowest BCUT2D eigenvalue weighted by Crippen LogP contribution is -2.32. The fourth-order valence-electron chi connectivity index (χ4n) is 2.12. The third kappa shape index (κ3) is 2.77. The lowest BCUT2D eigenvalue weighted by atomic mass is 9.97. The number of fused-ring (bicyclic) bond motifs is 1. The molecule has 6 heteroatoms. The minimum absolute atomic E-state index is 0.217. The van der Waals surface area contributed by atoms with E-state index >= 15 is 0 Å². The molecule has 1 aromatic rings. The zero-order chi connectivity index (χ0) is 14.0. The number of nitrogens with two attached hydrogens (primary N) is 1. The number of hydrogen-bond acceptors (Lipinski definition) is 4. The van der Waals surface area contributed by atoms with Crippen molar-refractivity contribution in [3.8, 4) is 11.5 Å². The first-order chi connectivity index (χ1) is 9.04. The molecule has 104 valence electrons. The fourth-order valence-corrected chi connectivity index (χ4v) is 2.53. The second-order valence-electron chi connectivity index (χ2n) is 4.35. The van der Waals surface area contributed by atoms with Gasteiger partial charge < -0.3 is 20.3 Å². The van der Waals surface area contributed by atoms with Crippen LogP contribution in [0.15, 0.2) is 6.07 Å². The first-order valence-electron chi connectivity index (χ1n) is 6.12. The second kappa shape index (κ2) is 5.67. The van der Waals surface area contributed by atoms with Crippen LogP contribution in [0.3, 0.4) is 0 Å². The summed E-state index contributed by atoms with van der Waals surface area (Å²) in [6.45, 7) is 2.87. The van der Waals surface area contributed by atoms with Crippen LogP contribution in [0.4, 0.5) is 0 Å². The lowest BCUT2D eigenvalue weighted by molar-refractivity contribution is -0.138. The number of carbonyl (C=O) groups is 1. The average molecular weight is 286 g/mol. The van der Waals surface area contributed by atoms with E-state index in [0.29, 0.717) is 36.2 Å². The molecule has 1 unspecified atom stereocenters. The Morgan fingerprint density at radius 3 is 2.84 bits per heavy atom. The average Bonchev–Trinajstić information content (AvgIpc) is 2.39. The molecule has 0 aromatic heterocycles. The maximum atomic E-state index is 10.9. The van der Waals surface area contributed by atoms with E-state index in [-0.39, 0.29) is 6.42 Å². The summed E-state index contributed by atoms with van der Waals surface area (Å²) in [7, 11) is 0. The van der Waals surface area contributed by atoms with Crippen LogP contribution in [0.1, 0.15) is 18.1 Å². The minimum Gasteiger partial charge on any atom is -0.486 e. The molecule has 0 fully saturated rings. The molecule has 1 aliphatic heterocycles. The molecule has 0 bridgehead atoms. The van der Waals surface area contributed by atoms with Gasteiger partial charge in [0.15, 0.2) is 11.5 Å². The van der Waals surface area contributed by atoms with Crippen LogP contribution in [-0.4, -0.2) is 30.3 Å². The first-order valence-corrected chi connectivity index (χ1v) is 6.50. The van der Waals surface area contributed by atoms with Crippen molar-refractivity contribution in [3.63, 3.8) is 0 Å². The van der Waals surface area contributed by atoms with Crippen LogP contribution in [0, 0.1) is 0 Å². The smallest absolute Gasteiger partial charge is 0.320 e. The van der Waals surface area contributed by atoms with Crippen molar-refractivity contribution in [1.82, 2.24) is 0 Å². The van der Waals surface area contributed by atoms with Crippen molar-refractivity contribution < 1.29 is 19.4 Å². The normalized spacial score (nSPS) is 15.1. The molecule has 2 rings (SSSR count). The fraction of sp³-hybridized carbons (Fsp3) is 0.462. The highest BCUT2D eigenvalue weighted by Gasteiger charge is 2.23. The van der Waals surface area contributed by atoms with Crippen molar-refractivity contribution >= 4 is 17.6 Å².